The van der Waals surface area contributed by atoms with Crippen molar-refractivity contribution < 1.29 is 131 Å². The van der Waals surface area contributed by atoms with E-state index in [1.165, 1.54) is 38.3 Å². The number of carbonyl (C=O) groups is 16. The molecule has 10 aliphatic rings. The molecule has 5 heterocycles. The van der Waals surface area contributed by atoms with E-state index in [2.05, 4.69) is 26.6 Å². The largest absolute Gasteiger partial charge is 0.480 e. The normalized spacial score (nSPS) is 28.1. The number of likely N-dealkylation sites (tertiary alicyclic amines) is 5. The van der Waals surface area contributed by atoms with Crippen molar-refractivity contribution in [1.29, 1.82) is 0 Å². The Morgan fingerprint density at radius 1 is 0.301 bits per heavy atom. The quantitative estimate of drug-likeness (QED) is 0.0284. The number of rotatable bonds is 37. The Labute approximate surface area is 725 Å². The van der Waals surface area contributed by atoms with Gasteiger partial charge in [0.05, 0.1) is 61.9 Å². The lowest BCUT2D eigenvalue weighted by atomic mass is 10.0. The minimum atomic E-state index is -1.04. The molecule has 5 amide bonds. The van der Waals surface area contributed by atoms with Crippen LogP contribution in [0.1, 0.15) is 251 Å². The second kappa shape index (κ2) is 49.0. The molecular formula is C85H138N10O27S. The third-order valence-electron chi connectivity index (χ3n) is 25.8. The molecule has 0 aromatic heterocycles. The number of carbonyl (C=O) groups excluding carboxylic acids is 9. The summed E-state index contributed by atoms with van der Waals surface area (Å²) in [5.41, 5.74) is 0. The fraction of sp³-hybridized carbons (Fsp3) is 0.812. The molecule has 37 nitrogen and oxygen atoms in total. The second-order valence-corrected chi connectivity index (χ2v) is 35.6. The second-order valence-electron chi connectivity index (χ2n) is 34.2. The molecule has 696 valence electrons. The third-order valence-corrected chi connectivity index (χ3v) is 27.0. The summed E-state index contributed by atoms with van der Waals surface area (Å²) in [7, 11) is 0. The SMILES string of the molecule is CCC[C@H](N[C@@H](C)C(=O)N1[C@H](C(=O)O)C[C@@H]2CCC[C@@H]21)C(=O)O.CCC[C@H](N[C@@H](C)C(=O)N1[C@H](C(=O)O)C[C@@H]2CCC[C@@H]21)C(=O)OCC.CCOC(=O)C(C)SC[C@H](N[C@@H](C)C(=O)N1[C@H](C(=O)O)C[C@@H]2CCC[C@@H]21)C(=O)OCC.CCOC(=O)[C@H](C)N[C@@H](C)C(=O)N1[C@H](C(=O)O)C[C@@H]2CCC[C@@H]21.C[C@H](N[C@@H](C)C(=O)N1[C@H](C(=O)O)C[C@@H]2CCC[C@@H]21)C(=O)O. The zero-order valence-corrected chi connectivity index (χ0v) is 74.8. The van der Waals surface area contributed by atoms with Crippen LogP contribution in [0.4, 0.5) is 0 Å². The molecule has 0 aromatic carbocycles. The summed E-state index contributed by atoms with van der Waals surface area (Å²) < 4.78 is 20.1. The Morgan fingerprint density at radius 2 is 0.545 bits per heavy atom. The van der Waals surface area contributed by atoms with E-state index < -0.39 is 150 Å². The zero-order chi connectivity index (χ0) is 91.7. The number of esters is 4. The van der Waals surface area contributed by atoms with Gasteiger partial charge < -0.3 is 79.2 Å². The number of carboxylic acids is 7. The lowest BCUT2D eigenvalue weighted by Crippen LogP contribution is -2.55. The van der Waals surface area contributed by atoms with Gasteiger partial charge >= 0.3 is 65.7 Å². The standard InChI is InChI=1S/C21H34N2O7S.C18H30N2O5.2C16H26N2O5.C14H22N2O5/c1-5-29-20(27)13(4)31-11-15(21(28)30-6-2)22-12(3)18(24)23-16-9-7-8-14(16)10-17(23)19(25)26;1-4-7-13(18(24)25-5-2)19-11(3)16(21)20-14-9-6-8-12(14)10-15(20)17(22)23;1-4-23-16(22)10(3)17-9(2)14(19)18-12-7-5-6-11(12)8-13(18)15(20)21;1-3-5-11(15(20)21)17-9(2)14(19)18-12-7-4-6-10(12)8-13(18)16(22)23;1-7(15-8(2)13(18)19)12(17)16-10-5-3-4-9(10)6-11(16)14(20)21/h12-17,22H,5-11H2,1-4H3,(H,25,26);11-15,19H,4-10H2,1-3H3,(H,22,23);9-13,17H,4-8H2,1-3H3,(H,20,21);9-13,17H,3-8H2,1-2H3,(H,20,21)(H,22,23);7-11,15H,3-6H2,1-2H3,(H,18,19)(H,20,21)/t12-,13?,14-,15-,16-,17-;11-,12-,13-,14-,15-;2*9-,10-,11-,12-,13-;7-,8-,9-,10-,11-/m00000/s1. The highest BCUT2D eigenvalue weighted by molar-refractivity contribution is 8.00. The summed E-state index contributed by atoms with van der Waals surface area (Å²) in [6, 6.07) is -11.0. The maximum atomic E-state index is 13.2. The maximum absolute atomic E-state index is 13.2. The lowest BCUT2D eigenvalue weighted by Gasteiger charge is -2.31. The van der Waals surface area contributed by atoms with Crippen LogP contribution >= 0.6 is 11.8 Å². The molecule has 123 heavy (non-hydrogen) atoms. The fourth-order valence-electron chi connectivity index (χ4n) is 20.0. The van der Waals surface area contributed by atoms with Crippen LogP contribution in [0.3, 0.4) is 0 Å². The molecule has 0 spiro atoms. The molecule has 1 unspecified atom stereocenters. The molecule has 5 aliphatic heterocycles. The molecule has 12 N–H and O–H groups in total. The Kier molecular flexibility index (Phi) is 41.2. The highest BCUT2D eigenvalue weighted by atomic mass is 32.2. The van der Waals surface area contributed by atoms with Gasteiger partial charge in [0.15, 0.2) is 0 Å². The zero-order valence-electron chi connectivity index (χ0n) is 74.0. The van der Waals surface area contributed by atoms with E-state index in [1.54, 1.807) is 81.1 Å². The van der Waals surface area contributed by atoms with Crippen LogP contribution < -0.4 is 26.6 Å². The van der Waals surface area contributed by atoms with E-state index >= 15 is 0 Å². The van der Waals surface area contributed by atoms with Gasteiger partial charge in [-0.05, 0) is 222 Å². The van der Waals surface area contributed by atoms with Gasteiger partial charge in [0, 0.05) is 36.0 Å². The van der Waals surface area contributed by atoms with Gasteiger partial charge in [-0.15, -0.1) is 11.8 Å². The molecule has 38 heteroatoms. The van der Waals surface area contributed by atoms with Crippen LogP contribution in [0, 0.1) is 29.6 Å². The third kappa shape index (κ3) is 27.1. The maximum Gasteiger partial charge on any atom is 0.326 e. The number of aliphatic carboxylic acids is 7. The van der Waals surface area contributed by atoms with E-state index in [0.29, 0.717) is 58.0 Å². The number of hydrogen-bond acceptors (Lipinski definition) is 26. The van der Waals surface area contributed by atoms with Crippen LogP contribution in [0.25, 0.3) is 0 Å². The van der Waals surface area contributed by atoms with Crippen molar-refractivity contribution in [2.24, 2.45) is 29.6 Å². The molecule has 26 atom stereocenters. The number of ether oxygens (including phenoxy) is 4. The van der Waals surface area contributed by atoms with Crippen molar-refractivity contribution in [3.8, 4) is 0 Å². The van der Waals surface area contributed by atoms with Crippen molar-refractivity contribution >= 4 is 107 Å². The summed E-state index contributed by atoms with van der Waals surface area (Å²) >= 11 is 1.24. The van der Waals surface area contributed by atoms with Gasteiger partial charge in [0.25, 0.3) is 0 Å². The Balaban J connectivity index is 0.000000239. The average molecular weight is 1760 g/mol. The number of fused-ring (bicyclic) bond motifs is 5. The predicted octanol–water partition coefficient (Wildman–Crippen LogP) is 5.12. The van der Waals surface area contributed by atoms with E-state index in [9.17, 15) is 107 Å². The molecule has 5 saturated carbocycles. The molecule has 5 aliphatic carbocycles. The molecular weight excluding hydrogens is 1630 g/mol. The van der Waals surface area contributed by atoms with Gasteiger partial charge in [-0.1, -0.05) is 58.8 Å². The molecule has 0 aromatic rings. The van der Waals surface area contributed by atoms with Crippen molar-refractivity contribution in [1.82, 2.24) is 51.1 Å². The van der Waals surface area contributed by atoms with Crippen LogP contribution in [0.5, 0.6) is 0 Å². The Hall–Kier alpha value is -8.33. The van der Waals surface area contributed by atoms with Gasteiger partial charge in [-0.2, -0.15) is 0 Å². The van der Waals surface area contributed by atoms with E-state index in [0.717, 1.165) is 103 Å². The monoisotopic (exact) mass is 1760 g/mol. The summed E-state index contributed by atoms with van der Waals surface area (Å²) in [4.78, 5) is 200. The number of amides is 5. The highest BCUT2D eigenvalue weighted by Crippen LogP contribution is 2.46. The van der Waals surface area contributed by atoms with Crippen molar-refractivity contribution in [3.05, 3.63) is 0 Å². The molecule has 0 radical (unpaired) electrons. The predicted molar refractivity (Wildman–Crippen MR) is 447 cm³/mol. The first kappa shape index (κ1) is 103. The molecule has 0 bridgehead atoms. The van der Waals surface area contributed by atoms with Crippen LogP contribution in [-0.4, -0.2) is 314 Å². The van der Waals surface area contributed by atoms with Gasteiger partial charge in [-0.3, -0.25) is 79.3 Å². The first-order valence-corrected chi connectivity index (χ1v) is 45.5. The van der Waals surface area contributed by atoms with Crippen LogP contribution in [-0.2, 0) is 95.7 Å². The first-order chi connectivity index (χ1) is 58.2. The van der Waals surface area contributed by atoms with Crippen molar-refractivity contribution in [2.45, 2.75) is 377 Å². The average Bonchev–Trinajstić information content (AvgIpc) is 1.65. The topological polar surface area (TPSA) is 528 Å². The minimum Gasteiger partial charge on any atom is -0.480 e. The Bertz CT molecular complexity index is 3660. The Morgan fingerprint density at radius 3 is 0.813 bits per heavy atom. The number of carboxylic acid groups (broad SMARTS) is 7. The number of nitrogens with zero attached hydrogens (tertiary/aromatic N) is 5. The van der Waals surface area contributed by atoms with E-state index in [1.807, 2.05) is 13.8 Å². The van der Waals surface area contributed by atoms with Gasteiger partial charge in [-0.25, -0.2) is 24.0 Å². The molecule has 10 rings (SSSR count). The number of thioether (sulfide) groups is 1. The summed E-state index contributed by atoms with van der Waals surface area (Å²) in [6.07, 6.45) is 19.2. The molecule has 10 fully saturated rings. The highest BCUT2D eigenvalue weighted by Gasteiger charge is 2.55. The first-order valence-electron chi connectivity index (χ1n) is 44.5. The van der Waals surface area contributed by atoms with Crippen molar-refractivity contribution in [2.75, 3.05) is 32.2 Å². The fourth-order valence-corrected chi connectivity index (χ4v) is 21.0. The summed E-state index contributed by atoms with van der Waals surface area (Å²) in [5.74, 6) is -8.38. The minimum absolute atomic E-state index is 0.0111. The van der Waals surface area contributed by atoms with Crippen LogP contribution in [0.15, 0.2) is 0 Å². The van der Waals surface area contributed by atoms with E-state index in [4.69, 9.17) is 24.1 Å². The number of nitrogens with one attached hydrogen (secondary N) is 5. The van der Waals surface area contributed by atoms with Gasteiger partial charge in [0.2, 0.25) is 29.5 Å². The smallest absolute Gasteiger partial charge is 0.326 e. The summed E-state index contributed by atoms with van der Waals surface area (Å²) in [6.45, 7) is 24.8. The lowest BCUT2D eigenvalue weighted by molar-refractivity contribution is -0.151. The molecule has 5 saturated heterocycles. The number of hydrogen-bond donors (Lipinski definition) is 12. The van der Waals surface area contributed by atoms with Gasteiger partial charge in [0.1, 0.15) is 60.4 Å². The summed E-state index contributed by atoms with van der Waals surface area (Å²) in [5, 5.41) is 79.5. The van der Waals surface area contributed by atoms with Crippen LogP contribution in [0.2, 0.25) is 0 Å². The van der Waals surface area contributed by atoms with E-state index in [-0.39, 0.29) is 127 Å². The van der Waals surface area contributed by atoms with Crippen molar-refractivity contribution in [3.63, 3.8) is 0 Å².